The van der Waals surface area contributed by atoms with Gasteiger partial charge < -0.3 is 18.2 Å². The Hall–Kier alpha value is -0.433. The lowest BCUT2D eigenvalue weighted by Gasteiger charge is -2.25. The fraction of sp³-hybridized carbons (Fsp3) is 0.889. The van der Waals surface area contributed by atoms with E-state index in [-0.39, 0.29) is 0 Å². The minimum absolute atomic E-state index is 0.848. The van der Waals surface area contributed by atoms with Gasteiger partial charge in [0.1, 0.15) is 0 Å². The Morgan fingerprint density at radius 1 is 1.27 bits per heavy atom. The molecular weight excluding hydrogens is 212 g/mol. The molecule has 1 heterocycles. The highest BCUT2D eigenvalue weighted by Gasteiger charge is 2.36. The molecule has 0 bridgehead atoms. The van der Waals surface area contributed by atoms with E-state index in [2.05, 4.69) is 9.89 Å². The van der Waals surface area contributed by atoms with E-state index >= 15 is 0 Å². The molecule has 88 valence electrons. The molecule has 15 heavy (non-hydrogen) atoms. The Balaban J connectivity index is 2.24. The van der Waals surface area contributed by atoms with Crippen molar-refractivity contribution in [3.63, 3.8) is 0 Å². The van der Waals surface area contributed by atoms with E-state index < -0.39 is 8.80 Å². The average molecular weight is 232 g/mol. The van der Waals surface area contributed by atoms with Crippen LogP contribution in [-0.2, 0) is 13.3 Å². The van der Waals surface area contributed by atoms with Crippen molar-refractivity contribution in [1.82, 2.24) is 4.90 Å². The summed E-state index contributed by atoms with van der Waals surface area (Å²) in [5, 5.41) is 0. The summed E-state index contributed by atoms with van der Waals surface area (Å²) in [5.41, 5.74) is 0. The van der Waals surface area contributed by atoms with Gasteiger partial charge in [0, 0.05) is 40.5 Å². The second kappa shape index (κ2) is 6.22. The van der Waals surface area contributed by atoms with Gasteiger partial charge in [0.2, 0.25) is 0 Å². The summed E-state index contributed by atoms with van der Waals surface area (Å²) < 4.78 is 16.0. The van der Waals surface area contributed by atoms with Gasteiger partial charge in [-0.05, 0) is 6.42 Å². The van der Waals surface area contributed by atoms with Gasteiger partial charge in [-0.2, -0.15) is 0 Å². The molecule has 0 atom stereocenters. The summed E-state index contributed by atoms with van der Waals surface area (Å²) in [4.78, 5) is 6.37. The molecule has 0 aromatic carbocycles. The molecule has 0 N–H and O–H groups in total. The smallest absolute Gasteiger partial charge is 0.377 e. The van der Waals surface area contributed by atoms with E-state index in [1.54, 1.807) is 21.3 Å². The maximum absolute atomic E-state index is 5.34. The lowest BCUT2D eigenvalue weighted by atomic mass is 10.4. The third-order valence-corrected chi connectivity index (χ3v) is 5.45. The molecule has 6 heteroatoms. The fourth-order valence-corrected chi connectivity index (χ4v) is 3.34. The summed E-state index contributed by atoms with van der Waals surface area (Å²) in [5.74, 6) is 0. The van der Waals surface area contributed by atoms with E-state index in [0.717, 1.165) is 32.1 Å². The molecule has 0 saturated heterocycles. The van der Waals surface area contributed by atoms with E-state index in [1.807, 2.05) is 6.34 Å². The van der Waals surface area contributed by atoms with Crippen molar-refractivity contribution in [2.75, 3.05) is 41.0 Å². The molecule has 0 aromatic heterocycles. The van der Waals surface area contributed by atoms with Gasteiger partial charge in [-0.15, -0.1) is 0 Å². The maximum Gasteiger partial charge on any atom is 0.500 e. The molecule has 0 aliphatic carbocycles. The molecule has 5 nitrogen and oxygen atoms in total. The Labute approximate surface area is 92.4 Å². The van der Waals surface area contributed by atoms with Crippen LogP contribution in [0.25, 0.3) is 0 Å². The number of nitrogens with zero attached hydrogens (tertiary/aromatic N) is 2. The Morgan fingerprint density at radius 3 is 2.40 bits per heavy atom. The molecule has 1 rings (SSSR count). The van der Waals surface area contributed by atoms with Gasteiger partial charge in [-0.3, -0.25) is 4.99 Å². The normalized spacial score (nSPS) is 16.3. The molecule has 0 saturated carbocycles. The van der Waals surface area contributed by atoms with E-state index in [1.165, 1.54) is 0 Å². The van der Waals surface area contributed by atoms with Crippen LogP contribution >= 0.6 is 0 Å². The highest BCUT2D eigenvalue weighted by Crippen LogP contribution is 2.15. The monoisotopic (exact) mass is 232 g/mol. The highest BCUT2D eigenvalue weighted by atomic mass is 28.4. The third kappa shape index (κ3) is 3.56. The van der Waals surface area contributed by atoms with Crippen LogP contribution in [0.1, 0.15) is 6.42 Å². The van der Waals surface area contributed by atoms with Gasteiger partial charge in [-0.1, -0.05) is 0 Å². The molecule has 0 unspecified atom stereocenters. The minimum atomic E-state index is -2.36. The first-order valence-electron chi connectivity index (χ1n) is 5.16. The van der Waals surface area contributed by atoms with Crippen LogP contribution in [-0.4, -0.2) is 61.0 Å². The zero-order valence-electron chi connectivity index (χ0n) is 9.73. The van der Waals surface area contributed by atoms with E-state index in [9.17, 15) is 0 Å². The average Bonchev–Trinajstić information content (AvgIpc) is 2.78. The molecule has 0 amide bonds. The van der Waals surface area contributed by atoms with Gasteiger partial charge in [0.15, 0.2) is 0 Å². The Bertz CT molecular complexity index is 201. The van der Waals surface area contributed by atoms with Gasteiger partial charge in [-0.25, -0.2) is 0 Å². The second-order valence-electron chi connectivity index (χ2n) is 3.46. The maximum atomic E-state index is 5.34. The lowest BCUT2D eigenvalue weighted by molar-refractivity contribution is 0.122. The predicted octanol–water partition coefficient (Wildman–Crippen LogP) is 0.598. The zero-order valence-corrected chi connectivity index (χ0v) is 10.7. The van der Waals surface area contributed by atoms with Crippen LogP contribution in [0.5, 0.6) is 0 Å². The van der Waals surface area contributed by atoms with Gasteiger partial charge >= 0.3 is 8.80 Å². The summed E-state index contributed by atoms with van der Waals surface area (Å²) in [6.45, 7) is 2.94. The highest BCUT2D eigenvalue weighted by molar-refractivity contribution is 6.60. The molecule has 0 radical (unpaired) electrons. The van der Waals surface area contributed by atoms with Crippen molar-refractivity contribution >= 4 is 15.1 Å². The molecule has 1 aliphatic heterocycles. The number of aliphatic imine (C=N–C) groups is 1. The first-order chi connectivity index (χ1) is 7.26. The number of rotatable bonds is 7. The SMILES string of the molecule is CO[Si](CCCN1C=NCC1)(OC)OC. The summed E-state index contributed by atoms with van der Waals surface area (Å²) in [6, 6.07) is 0.848. The van der Waals surface area contributed by atoms with Crippen molar-refractivity contribution < 1.29 is 13.3 Å². The molecule has 0 spiro atoms. The molecular formula is C9H20N2O3Si. The first-order valence-corrected chi connectivity index (χ1v) is 7.09. The minimum Gasteiger partial charge on any atom is -0.377 e. The fourth-order valence-electron chi connectivity index (χ4n) is 1.64. The number of hydrogen-bond donors (Lipinski definition) is 0. The lowest BCUT2D eigenvalue weighted by Crippen LogP contribution is -2.43. The topological polar surface area (TPSA) is 43.3 Å². The van der Waals surface area contributed by atoms with Crippen molar-refractivity contribution in [3.05, 3.63) is 0 Å². The van der Waals surface area contributed by atoms with Gasteiger partial charge in [0.25, 0.3) is 0 Å². The molecule has 1 aliphatic rings. The van der Waals surface area contributed by atoms with Crippen LogP contribution in [0.15, 0.2) is 4.99 Å². The van der Waals surface area contributed by atoms with Crippen molar-refractivity contribution in [3.8, 4) is 0 Å². The Morgan fingerprint density at radius 2 is 1.93 bits per heavy atom. The van der Waals surface area contributed by atoms with Crippen LogP contribution in [0.4, 0.5) is 0 Å². The standard InChI is InChI=1S/C9H20N2O3Si/c1-12-15(13-2,14-3)8-4-6-11-7-5-10-9-11/h9H,4-8H2,1-3H3. The van der Waals surface area contributed by atoms with Crippen LogP contribution in [0, 0.1) is 0 Å². The molecule has 0 fully saturated rings. The third-order valence-electron chi connectivity index (χ3n) is 2.62. The van der Waals surface area contributed by atoms with Crippen LogP contribution in [0.2, 0.25) is 6.04 Å². The summed E-state index contributed by atoms with van der Waals surface area (Å²) >= 11 is 0. The van der Waals surface area contributed by atoms with Crippen molar-refractivity contribution in [2.45, 2.75) is 12.5 Å². The largest absolute Gasteiger partial charge is 0.500 e. The van der Waals surface area contributed by atoms with Crippen LogP contribution < -0.4 is 0 Å². The quantitative estimate of drug-likeness (QED) is 0.603. The van der Waals surface area contributed by atoms with Crippen molar-refractivity contribution in [1.29, 1.82) is 0 Å². The Kier molecular flexibility index (Phi) is 5.24. The summed E-state index contributed by atoms with van der Waals surface area (Å²) in [6.07, 6.45) is 2.92. The molecule has 0 aromatic rings. The number of hydrogen-bond acceptors (Lipinski definition) is 5. The first kappa shape index (κ1) is 12.6. The van der Waals surface area contributed by atoms with Crippen molar-refractivity contribution in [2.24, 2.45) is 4.99 Å². The van der Waals surface area contributed by atoms with Crippen LogP contribution in [0.3, 0.4) is 0 Å². The predicted molar refractivity (Wildman–Crippen MR) is 61.1 cm³/mol. The van der Waals surface area contributed by atoms with E-state index in [4.69, 9.17) is 13.3 Å². The van der Waals surface area contributed by atoms with Gasteiger partial charge in [0.05, 0.1) is 12.9 Å². The zero-order chi connectivity index (χ0) is 11.1. The summed E-state index contributed by atoms with van der Waals surface area (Å²) in [7, 11) is 2.59. The second-order valence-corrected chi connectivity index (χ2v) is 6.55. The van der Waals surface area contributed by atoms with E-state index in [0.29, 0.717) is 0 Å².